The van der Waals surface area contributed by atoms with Gasteiger partial charge in [-0.15, -0.1) is 0 Å². The average molecular weight is 147 g/mol. The predicted molar refractivity (Wildman–Crippen MR) is 47.9 cm³/mol. The molecule has 0 atom stereocenters. The number of hydrogen-bond donors (Lipinski definition) is 0. The number of nitriles is 1. The van der Waals surface area contributed by atoms with Crippen molar-refractivity contribution in [3.63, 3.8) is 0 Å². The highest BCUT2D eigenvalue weighted by Crippen LogP contribution is 2.05. The summed E-state index contributed by atoms with van der Waals surface area (Å²) >= 11 is 0. The first kappa shape index (κ1) is 9.71. The third kappa shape index (κ3) is 4.16. The molecule has 0 aromatic heterocycles. The van der Waals surface area contributed by atoms with Crippen LogP contribution >= 0.6 is 0 Å². The lowest BCUT2D eigenvalue weighted by atomic mass is 10.1. The van der Waals surface area contributed by atoms with Gasteiger partial charge in [0.1, 0.15) is 0 Å². The third-order valence-electron chi connectivity index (χ3n) is 1.16. The van der Waals surface area contributed by atoms with E-state index in [1.165, 1.54) is 5.57 Å². The van der Waals surface area contributed by atoms with E-state index in [2.05, 4.69) is 12.6 Å². The van der Waals surface area contributed by atoms with Gasteiger partial charge in [0.15, 0.2) is 0 Å². The zero-order valence-corrected chi connectivity index (χ0v) is 7.31. The van der Waals surface area contributed by atoms with E-state index in [0.29, 0.717) is 5.57 Å². The maximum Gasteiger partial charge on any atom is 0.0994 e. The Balaban J connectivity index is 4.54. The molecule has 0 unspecified atom stereocenters. The van der Waals surface area contributed by atoms with Crippen molar-refractivity contribution in [1.29, 1.82) is 5.26 Å². The Kier molecular flexibility index (Phi) is 3.98. The van der Waals surface area contributed by atoms with Crippen molar-refractivity contribution in [3.8, 4) is 6.07 Å². The summed E-state index contributed by atoms with van der Waals surface area (Å²) in [7, 11) is 0. The second kappa shape index (κ2) is 4.51. The maximum atomic E-state index is 8.60. The Morgan fingerprint density at radius 2 is 1.82 bits per heavy atom. The number of allylic oxidation sites excluding steroid dienone is 5. The first-order chi connectivity index (χ1) is 5.07. The van der Waals surface area contributed by atoms with Gasteiger partial charge in [0.25, 0.3) is 0 Å². The summed E-state index contributed by atoms with van der Waals surface area (Å²) < 4.78 is 0. The smallest absolute Gasteiger partial charge is 0.0994 e. The minimum absolute atomic E-state index is 0.645. The molecule has 0 bridgehead atoms. The normalized spacial score (nSPS) is 10.2. The first-order valence-electron chi connectivity index (χ1n) is 3.49. The van der Waals surface area contributed by atoms with Crippen molar-refractivity contribution in [2.24, 2.45) is 0 Å². The monoisotopic (exact) mass is 147 g/mol. The summed E-state index contributed by atoms with van der Waals surface area (Å²) in [5.41, 5.74) is 2.63. The van der Waals surface area contributed by atoms with Crippen LogP contribution in [-0.4, -0.2) is 0 Å². The molecule has 0 saturated carbocycles. The highest BCUT2D eigenvalue weighted by Gasteiger charge is 1.91. The summed E-state index contributed by atoms with van der Waals surface area (Å²) in [6.07, 6.45) is 3.70. The van der Waals surface area contributed by atoms with E-state index in [1.807, 2.05) is 26.8 Å². The third-order valence-corrected chi connectivity index (χ3v) is 1.16. The zero-order chi connectivity index (χ0) is 8.85. The summed E-state index contributed by atoms with van der Waals surface area (Å²) in [6, 6.07) is 2.07. The molecule has 0 aliphatic rings. The molecule has 1 heteroatoms. The number of hydrogen-bond acceptors (Lipinski definition) is 1. The lowest BCUT2D eigenvalue weighted by Gasteiger charge is -1.91. The van der Waals surface area contributed by atoms with Crippen molar-refractivity contribution in [2.45, 2.75) is 20.8 Å². The van der Waals surface area contributed by atoms with E-state index < -0.39 is 0 Å². The van der Waals surface area contributed by atoms with Gasteiger partial charge in [-0.25, -0.2) is 0 Å². The quantitative estimate of drug-likeness (QED) is 0.435. The topological polar surface area (TPSA) is 23.8 Å². The van der Waals surface area contributed by atoms with Crippen LogP contribution in [0.2, 0.25) is 0 Å². The van der Waals surface area contributed by atoms with E-state index in [1.54, 1.807) is 6.08 Å². The summed E-state index contributed by atoms with van der Waals surface area (Å²) in [4.78, 5) is 0. The second-order valence-corrected chi connectivity index (χ2v) is 2.72. The number of rotatable bonds is 2. The molecule has 0 amide bonds. The molecule has 0 saturated heterocycles. The van der Waals surface area contributed by atoms with Crippen LogP contribution in [0.3, 0.4) is 0 Å². The van der Waals surface area contributed by atoms with Crippen LogP contribution in [-0.2, 0) is 0 Å². The molecule has 0 N–H and O–H groups in total. The predicted octanol–water partition coefficient (Wildman–Crippen LogP) is 2.98. The van der Waals surface area contributed by atoms with Crippen LogP contribution in [0.4, 0.5) is 0 Å². The molecule has 0 radical (unpaired) electrons. The molecule has 0 aromatic rings. The van der Waals surface area contributed by atoms with Gasteiger partial charge in [0, 0.05) is 0 Å². The SMILES string of the molecule is C=C(C)C(C#N)=CC=C(C)C. The van der Waals surface area contributed by atoms with Gasteiger partial charge in [0.05, 0.1) is 11.6 Å². The first-order valence-corrected chi connectivity index (χ1v) is 3.49. The largest absolute Gasteiger partial charge is 0.192 e. The minimum Gasteiger partial charge on any atom is -0.192 e. The average Bonchev–Trinajstić information content (AvgIpc) is 1.87. The second-order valence-electron chi connectivity index (χ2n) is 2.72. The van der Waals surface area contributed by atoms with Crippen LogP contribution in [0.5, 0.6) is 0 Å². The van der Waals surface area contributed by atoms with Crippen molar-refractivity contribution >= 4 is 0 Å². The van der Waals surface area contributed by atoms with Crippen molar-refractivity contribution in [3.05, 3.63) is 35.5 Å². The Bertz CT molecular complexity index is 245. The van der Waals surface area contributed by atoms with E-state index in [9.17, 15) is 0 Å². The van der Waals surface area contributed by atoms with Gasteiger partial charge in [-0.2, -0.15) is 5.26 Å². The molecule has 0 aliphatic carbocycles. The van der Waals surface area contributed by atoms with Crippen LogP contribution < -0.4 is 0 Å². The molecule has 0 aromatic carbocycles. The molecule has 1 nitrogen and oxygen atoms in total. The zero-order valence-electron chi connectivity index (χ0n) is 7.31. The van der Waals surface area contributed by atoms with E-state index in [-0.39, 0.29) is 0 Å². The Morgan fingerprint density at radius 3 is 2.09 bits per heavy atom. The van der Waals surface area contributed by atoms with E-state index in [0.717, 1.165) is 5.57 Å². The Labute approximate surface area is 68.3 Å². The fourth-order valence-corrected chi connectivity index (χ4v) is 0.525. The van der Waals surface area contributed by atoms with E-state index in [4.69, 9.17) is 5.26 Å². The number of nitrogens with zero attached hydrogens (tertiary/aromatic N) is 1. The standard InChI is InChI=1S/C10H13N/c1-8(2)5-6-10(7-11)9(3)4/h5-6H,3H2,1-2,4H3. The highest BCUT2D eigenvalue weighted by atomic mass is 14.2. The molecule has 0 aliphatic heterocycles. The minimum atomic E-state index is 0.645. The summed E-state index contributed by atoms with van der Waals surface area (Å²) in [5.74, 6) is 0. The van der Waals surface area contributed by atoms with Gasteiger partial charge in [-0.3, -0.25) is 0 Å². The van der Waals surface area contributed by atoms with Crippen LogP contribution in [0.1, 0.15) is 20.8 Å². The summed E-state index contributed by atoms with van der Waals surface area (Å²) in [5, 5.41) is 8.60. The van der Waals surface area contributed by atoms with E-state index >= 15 is 0 Å². The van der Waals surface area contributed by atoms with Gasteiger partial charge in [0.2, 0.25) is 0 Å². The van der Waals surface area contributed by atoms with Crippen molar-refractivity contribution < 1.29 is 0 Å². The molecule has 58 valence electrons. The van der Waals surface area contributed by atoms with Crippen molar-refractivity contribution in [2.75, 3.05) is 0 Å². The van der Waals surface area contributed by atoms with Gasteiger partial charge >= 0.3 is 0 Å². The molecular formula is C10H13N. The van der Waals surface area contributed by atoms with Crippen LogP contribution in [0, 0.1) is 11.3 Å². The van der Waals surface area contributed by atoms with Crippen LogP contribution in [0.15, 0.2) is 35.5 Å². The lowest BCUT2D eigenvalue weighted by molar-refractivity contribution is 1.37. The molecule has 11 heavy (non-hydrogen) atoms. The van der Waals surface area contributed by atoms with Gasteiger partial charge in [-0.05, 0) is 32.4 Å². The molecule has 0 heterocycles. The van der Waals surface area contributed by atoms with Crippen molar-refractivity contribution in [1.82, 2.24) is 0 Å². The highest BCUT2D eigenvalue weighted by molar-refractivity contribution is 5.41. The lowest BCUT2D eigenvalue weighted by Crippen LogP contribution is -1.77. The van der Waals surface area contributed by atoms with Crippen LogP contribution in [0.25, 0.3) is 0 Å². The molecule has 0 fully saturated rings. The Morgan fingerprint density at radius 1 is 1.27 bits per heavy atom. The fraction of sp³-hybridized carbons (Fsp3) is 0.300. The van der Waals surface area contributed by atoms with Gasteiger partial charge in [-0.1, -0.05) is 18.2 Å². The van der Waals surface area contributed by atoms with Gasteiger partial charge < -0.3 is 0 Å². The Hall–Kier alpha value is -1.29. The molecule has 0 spiro atoms. The fourth-order valence-electron chi connectivity index (χ4n) is 0.525. The molecular weight excluding hydrogens is 134 g/mol. The maximum absolute atomic E-state index is 8.60. The molecule has 0 rings (SSSR count). The summed E-state index contributed by atoms with van der Waals surface area (Å²) in [6.45, 7) is 9.49.